The van der Waals surface area contributed by atoms with Gasteiger partial charge in [0.1, 0.15) is 0 Å². The van der Waals surface area contributed by atoms with E-state index in [1.807, 2.05) is 37.4 Å². The molecule has 0 spiro atoms. The maximum absolute atomic E-state index is 5.85. The molecular formula is C12H12ClNO. The molecule has 2 rings (SSSR count). The summed E-state index contributed by atoms with van der Waals surface area (Å²) in [6.45, 7) is 0. The highest BCUT2D eigenvalue weighted by atomic mass is 35.5. The highest BCUT2D eigenvalue weighted by Crippen LogP contribution is 2.23. The van der Waals surface area contributed by atoms with Crippen molar-refractivity contribution in [3.63, 3.8) is 0 Å². The lowest BCUT2D eigenvalue weighted by molar-refractivity contribution is 0.557. The number of hydrogen-bond donors (Lipinski definition) is 1. The first-order valence-corrected chi connectivity index (χ1v) is 5.14. The van der Waals surface area contributed by atoms with Crippen LogP contribution in [0.15, 0.2) is 47.3 Å². The monoisotopic (exact) mass is 221 g/mol. The quantitative estimate of drug-likeness (QED) is 0.861. The smallest absolute Gasteiger partial charge is 0.0953 e. The van der Waals surface area contributed by atoms with Crippen molar-refractivity contribution >= 4 is 11.6 Å². The van der Waals surface area contributed by atoms with Crippen LogP contribution in [0.1, 0.15) is 17.2 Å². The molecule has 0 fully saturated rings. The fourth-order valence-corrected chi connectivity index (χ4v) is 1.75. The van der Waals surface area contributed by atoms with Crippen LogP contribution in [0.3, 0.4) is 0 Å². The van der Waals surface area contributed by atoms with Gasteiger partial charge in [0.25, 0.3) is 0 Å². The molecule has 0 saturated carbocycles. The Morgan fingerprint density at radius 3 is 2.40 bits per heavy atom. The lowest BCUT2D eigenvalue weighted by atomic mass is 10.0. The molecule has 0 aliphatic rings. The molecule has 1 aromatic heterocycles. The van der Waals surface area contributed by atoms with Crippen LogP contribution >= 0.6 is 11.6 Å². The molecule has 0 aliphatic carbocycles. The Morgan fingerprint density at radius 1 is 1.13 bits per heavy atom. The molecule has 0 radical (unpaired) electrons. The molecule has 1 N–H and O–H groups in total. The van der Waals surface area contributed by atoms with Gasteiger partial charge in [-0.05, 0) is 30.8 Å². The van der Waals surface area contributed by atoms with Gasteiger partial charge in [-0.15, -0.1) is 0 Å². The topological polar surface area (TPSA) is 25.2 Å². The predicted octanol–water partition coefficient (Wildman–Crippen LogP) is 3.24. The zero-order chi connectivity index (χ0) is 10.7. The minimum absolute atomic E-state index is 0.154. The predicted molar refractivity (Wildman–Crippen MR) is 61.1 cm³/mol. The van der Waals surface area contributed by atoms with E-state index in [-0.39, 0.29) is 6.04 Å². The zero-order valence-corrected chi connectivity index (χ0v) is 9.16. The molecule has 2 nitrogen and oxygen atoms in total. The van der Waals surface area contributed by atoms with Gasteiger partial charge in [-0.2, -0.15) is 0 Å². The number of hydrogen-bond acceptors (Lipinski definition) is 2. The second-order valence-electron chi connectivity index (χ2n) is 3.33. The largest absolute Gasteiger partial charge is 0.472 e. The molecule has 0 aliphatic heterocycles. The van der Waals surface area contributed by atoms with Crippen LogP contribution in [0.5, 0.6) is 0 Å². The summed E-state index contributed by atoms with van der Waals surface area (Å²) >= 11 is 5.85. The third kappa shape index (κ3) is 2.22. The van der Waals surface area contributed by atoms with Crippen LogP contribution in [0, 0.1) is 0 Å². The summed E-state index contributed by atoms with van der Waals surface area (Å²) in [5.74, 6) is 0. The van der Waals surface area contributed by atoms with Gasteiger partial charge in [0.2, 0.25) is 0 Å². The normalized spacial score (nSPS) is 12.7. The average Bonchev–Trinajstić information content (AvgIpc) is 2.75. The van der Waals surface area contributed by atoms with Crippen molar-refractivity contribution in [2.24, 2.45) is 0 Å². The van der Waals surface area contributed by atoms with E-state index in [0.717, 1.165) is 10.6 Å². The van der Waals surface area contributed by atoms with Gasteiger partial charge in [-0.3, -0.25) is 0 Å². The van der Waals surface area contributed by atoms with E-state index in [9.17, 15) is 0 Å². The molecule has 3 heteroatoms. The lowest BCUT2D eigenvalue weighted by Crippen LogP contribution is -2.16. The second kappa shape index (κ2) is 4.51. The SMILES string of the molecule is CNC(c1ccc(Cl)cc1)c1ccoc1. The van der Waals surface area contributed by atoms with Crippen molar-refractivity contribution in [1.29, 1.82) is 0 Å². The maximum Gasteiger partial charge on any atom is 0.0953 e. The summed E-state index contributed by atoms with van der Waals surface area (Å²) in [6, 6.07) is 9.91. The molecule has 2 aromatic rings. The minimum Gasteiger partial charge on any atom is -0.472 e. The van der Waals surface area contributed by atoms with E-state index >= 15 is 0 Å². The van der Waals surface area contributed by atoms with E-state index < -0.39 is 0 Å². The molecule has 1 unspecified atom stereocenters. The van der Waals surface area contributed by atoms with Crippen LogP contribution in [0.4, 0.5) is 0 Å². The van der Waals surface area contributed by atoms with Crippen LogP contribution in [-0.4, -0.2) is 7.05 Å². The molecule has 78 valence electrons. The molecule has 0 bridgehead atoms. The van der Waals surface area contributed by atoms with Gasteiger partial charge in [0, 0.05) is 10.6 Å². The highest BCUT2D eigenvalue weighted by molar-refractivity contribution is 6.30. The van der Waals surface area contributed by atoms with Crippen molar-refractivity contribution in [3.05, 3.63) is 59.0 Å². The number of halogens is 1. The van der Waals surface area contributed by atoms with E-state index in [1.54, 1.807) is 12.5 Å². The van der Waals surface area contributed by atoms with Crippen molar-refractivity contribution in [3.8, 4) is 0 Å². The van der Waals surface area contributed by atoms with Gasteiger partial charge in [-0.25, -0.2) is 0 Å². The Balaban J connectivity index is 2.31. The fourth-order valence-electron chi connectivity index (χ4n) is 1.62. The number of furan rings is 1. The molecular weight excluding hydrogens is 210 g/mol. The summed E-state index contributed by atoms with van der Waals surface area (Å²) in [5.41, 5.74) is 2.28. The second-order valence-corrected chi connectivity index (χ2v) is 3.77. The third-order valence-electron chi connectivity index (χ3n) is 2.37. The highest BCUT2D eigenvalue weighted by Gasteiger charge is 2.12. The molecule has 15 heavy (non-hydrogen) atoms. The van der Waals surface area contributed by atoms with Crippen molar-refractivity contribution in [1.82, 2.24) is 5.32 Å². The molecule has 0 saturated heterocycles. The molecule has 0 amide bonds. The standard InChI is InChI=1S/C12H12ClNO/c1-14-12(10-6-7-15-8-10)9-2-4-11(13)5-3-9/h2-8,12,14H,1H3. The molecule has 1 heterocycles. The van der Waals surface area contributed by atoms with Gasteiger partial charge < -0.3 is 9.73 Å². The van der Waals surface area contributed by atoms with Gasteiger partial charge in [0.05, 0.1) is 18.6 Å². The summed E-state index contributed by atoms with van der Waals surface area (Å²) in [4.78, 5) is 0. The Bertz CT molecular complexity index is 408. The molecule has 1 aromatic carbocycles. The Morgan fingerprint density at radius 2 is 1.87 bits per heavy atom. The van der Waals surface area contributed by atoms with Crippen molar-refractivity contribution in [2.75, 3.05) is 7.05 Å². The van der Waals surface area contributed by atoms with Gasteiger partial charge >= 0.3 is 0 Å². The van der Waals surface area contributed by atoms with Gasteiger partial charge in [-0.1, -0.05) is 23.7 Å². The van der Waals surface area contributed by atoms with Crippen molar-refractivity contribution in [2.45, 2.75) is 6.04 Å². The summed E-state index contributed by atoms with van der Waals surface area (Å²) in [5, 5.41) is 3.99. The van der Waals surface area contributed by atoms with E-state index in [4.69, 9.17) is 16.0 Å². The van der Waals surface area contributed by atoms with Crippen LogP contribution in [-0.2, 0) is 0 Å². The lowest BCUT2D eigenvalue weighted by Gasteiger charge is -2.14. The van der Waals surface area contributed by atoms with Crippen LogP contribution in [0.25, 0.3) is 0 Å². The molecule has 1 atom stereocenters. The first-order valence-electron chi connectivity index (χ1n) is 4.76. The number of rotatable bonds is 3. The minimum atomic E-state index is 0.154. The van der Waals surface area contributed by atoms with E-state index in [1.165, 1.54) is 5.56 Å². The summed E-state index contributed by atoms with van der Waals surface area (Å²) in [6.07, 6.45) is 3.42. The van der Waals surface area contributed by atoms with Gasteiger partial charge in [0.15, 0.2) is 0 Å². The summed E-state index contributed by atoms with van der Waals surface area (Å²) in [7, 11) is 1.92. The fraction of sp³-hybridized carbons (Fsp3) is 0.167. The Kier molecular flexibility index (Phi) is 3.09. The summed E-state index contributed by atoms with van der Waals surface area (Å²) < 4.78 is 5.08. The van der Waals surface area contributed by atoms with Crippen molar-refractivity contribution < 1.29 is 4.42 Å². The average molecular weight is 222 g/mol. The number of nitrogens with one attached hydrogen (secondary N) is 1. The van der Waals surface area contributed by atoms with E-state index in [0.29, 0.717) is 0 Å². The van der Waals surface area contributed by atoms with Crippen LogP contribution < -0.4 is 5.32 Å². The first-order chi connectivity index (χ1) is 7.31. The van der Waals surface area contributed by atoms with Crippen LogP contribution in [0.2, 0.25) is 5.02 Å². The zero-order valence-electron chi connectivity index (χ0n) is 8.41. The maximum atomic E-state index is 5.85. The number of benzene rings is 1. The first kappa shape index (κ1) is 10.3. The Labute approximate surface area is 93.9 Å². The third-order valence-corrected chi connectivity index (χ3v) is 2.62. The Hall–Kier alpha value is -1.25. The van der Waals surface area contributed by atoms with E-state index in [2.05, 4.69) is 5.32 Å².